The molecule has 0 atom stereocenters. The average molecular weight is 298 g/mol. The second-order valence-corrected chi connectivity index (χ2v) is 5.45. The van der Waals surface area contributed by atoms with Gasteiger partial charge in [-0.15, -0.1) is 0 Å². The molecule has 1 rings (SSSR count). The third-order valence-corrected chi connectivity index (χ3v) is 4.45. The fourth-order valence-electron chi connectivity index (χ4n) is 1.49. The van der Waals surface area contributed by atoms with Gasteiger partial charge in [-0.2, -0.15) is 0 Å². The van der Waals surface area contributed by atoms with Crippen molar-refractivity contribution in [3.05, 3.63) is 35.9 Å². The number of hydrogen-bond donors (Lipinski definition) is 0. The van der Waals surface area contributed by atoms with Crippen LogP contribution in [0.5, 0.6) is 0 Å². The number of rotatable bonds is 5. The number of carbonyl (C=O) groups excluding carboxylic acids is 1. The maximum absolute atomic E-state index is 12.0. The molecule has 1 aromatic carbocycles. The van der Waals surface area contributed by atoms with E-state index in [1.54, 1.807) is 0 Å². The molecule has 0 unspecified atom stereocenters. The summed E-state index contributed by atoms with van der Waals surface area (Å²) in [6, 6.07) is 10.1. The highest BCUT2D eigenvalue weighted by Crippen LogP contribution is 2.17. The number of carbonyl (C=O) groups is 1. The van der Waals surface area contributed by atoms with Gasteiger partial charge in [-0.1, -0.05) is 46.3 Å². The van der Waals surface area contributed by atoms with Gasteiger partial charge in [0, 0.05) is 24.3 Å². The predicted octanol–water partition coefficient (Wildman–Crippen LogP) is 3.25. The lowest BCUT2D eigenvalue weighted by Crippen LogP contribution is -2.46. The van der Waals surface area contributed by atoms with Crippen molar-refractivity contribution < 1.29 is 4.79 Å². The highest BCUT2D eigenvalue weighted by atomic mass is 79.9. The topological polar surface area (TPSA) is 20.3 Å². The molecule has 0 spiro atoms. The number of hydrogen-bond acceptors (Lipinski definition) is 1. The number of halogens is 1. The molecule has 0 saturated carbocycles. The summed E-state index contributed by atoms with van der Waals surface area (Å²) in [6.07, 6.45) is 1.37. The summed E-state index contributed by atoms with van der Waals surface area (Å²) in [5.74, 6) is 0.193. The van der Waals surface area contributed by atoms with Gasteiger partial charge in [0.15, 0.2) is 0 Å². The Bertz CT molecular complexity index is 362. The summed E-state index contributed by atoms with van der Waals surface area (Å²) in [4.78, 5) is 13.9. The first-order valence-corrected chi connectivity index (χ1v) is 6.96. The molecule has 1 amide bonds. The van der Waals surface area contributed by atoms with E-state index in [2.05, 4.69) is 41.9 Å². The van der Waals surface area contributed by atoms with E-state index in [0.717, 1.165) is 11.8 Å². The van der Waals surface area contributed by atoms with Gasteiger partial charge in [-0.05, 0) is 25.8 Å². The Morgan fingerprint density at radius 3 is 2.41 bits per heavy atom. The van der Waals surface area contributed by atoms with Gasteiger partial charge < -0.3 is 4.90 Å². The number of aryl methyl sites for hydroxylation is 1. The molecule has 0 fully saturated rings. The standard InChI is InChI=1S/C14H20BrNO/c1-14(2,11-15)16(3)13(17)10-9-12-7-5-4-6-8-12/h4-8H,9-11H2,1-3H3. The summed E-state index contributed by atoms with van der Waals surface area (Å²) in [5, 5.41) is 0.785. The molecule has 3 heteroatoms. The third-order valence-electron chi connectivity index (χ3n) is 3.08. The Balaban J connectivity index is 2.51. The highest BCUT2D eigenvalue weighted by Gasteiger charge is 2.25. The fraction of sp³-hybridized carbons (Fsp3) is 0.500. The van der Waals surface area contributed by atoms with Crippen LogP contribution in [0.25, 0.3) is 0 Å². The van der Waals surface area contributed by atoms with E-state index < -0.39 is 0 Å². The van der Waals surface area contributed by atoms with E-state index in [1.807, 2.05) is 30.1 Å². The molecule has 0 aliphatic heterocycles. The molecule has 0 aromatic heterocycles. The molecular weight excluding hydrogens is 278 g/mol. The Morgan fingerprint density at radius 1 is 1.29 bits per heavy atom. The fourth-order valence-corrected chi connectivity index (χ4v) is 1.87. The largest absolute Gasteiger partial charge is 0.340 e. The molecule has 1 aromatic rings. The first kappa shape index (κ1) is 14.2. The SMILES string of the molecule is CN(C(=O)CCc1ccccc1)C(C)(C)CBr. The van der Waals surface area contributed by atoms with Crippen molar-refractivity contribution in [2.45, 2.75) is 32.2 Å². The predicted molar refractivity (Wildman–Crippen MR) is 75.4 cm³/mol. The maximum Gasteiger partial charge on any atom is 0.223 e. The van der Waals surface area contributed by atoms with Gasteiger partial charge >= 0.3 is 0 Å². The van der Waals surface area contributed by atoms with Crippen molar-refractivity contribution in [2.24, 2.45) is 0 Å². The van der Waals surface area contributed by atoms with E-state index in [-0.39, 0.29) is 11.4 Å². The van der Waals surface area contributed by atoms with Crippen molar-refractivity contribution in [2.75, 3.05) is 12.4 Å². The van der Waals surface area contributed by atoms with E-state index in [4.69, 9.17) is 0 Å². The summed E-state index contributed by atoms with van der Waals surface area (Å²) >= 11 is 3.44. The smallest absolute Gasteiger partial charge is 0.223 e. The van der Waals surface area contributed by atoms with Crippen molar-refractivity contribution >= 4 is 21.8 Å². The molecule has 2 nitrogen and oxygen atoms in total. The lowest BCUT2D eigenvalue weighted by atomic mass is 10.0. The normalized spacial score (nSPS) is 11.3. The Kier molecular flexibility index (Phi) is 5.19. The lowest BCUT2D eigenvalue weighted by molar-refractivity contribution is -0.133. The molecule has 94 valence electrons. The van der Waals surface area contributed by atoms with Crippen LogP contribution in [-0.4, -0.2) is 28.7 Å². The van der Waals surface area contributed by atoms with Gasteiger partial charge in [0.25, 0.3) is 0 Å². The summed E-state index contributed by atoms with van der Waals surface area (Å²) in [5.41, 5.74) is 1.08. The molecule has 0 bridgehead atoms. The van der Waals surface area contributed by atoms with E-state index in [1.165, 1.54) is 5.56 Å². The number of amides is 1. The molecule has 0 aliphatic rings. The van der Waals surface area contributed by atoms with E-state index in [0.29, 0.717) is 6.42 Å². The Hall–Kier alpha value is -0.830. The van der Waals surface area contributed by atoms with Crippen molar-refractivity contribution in [3.8, 4) is 0 Å². The van der Waals surface area contributed by atoms with Crippen LogP contribution in [0.1, 0.15) is 25.8 Å². The van der Waals surface area contributed by atoms with Gasteiger partial charge in [0.05, 0.1) is 0 Å². The third kappa shape index (κ3) is 4.15. The molecule has 0 radical (unpaired) electrons. The summed E-state index contributed by atoms with van der Waals surface area (Å²) in [7, 11) is 1.87. The minimum absolute atomic E-state index is 0.131. The number of benzene rings is 1. The second-order valence-electron chi connectivity index (χ2n) is 4.88. The number of nitrogens with zero attached hydrogens (tertiary/aromatic N) is 1. The summed E-state index contributed by atoms with van der Waals surface area (Å²) < 4.78 is 0. The van der Waals surface area contributed by atoms with Gasteiger partial charge in [-0.25, -0.2) is 0 Å². The molecular formula is C14H20BrNO. The van der Waals surface area contributed by atoms with Gasteiger partial charge in [-0.3, -0.25) is 4.79 Å². The average Bonchev–Trinajstić information content (AvgIpc) is 2.36. The van der Waals surface area contributed by atoms with Crippen molar-refractivity contribution in [3.63, 3.8) is 0 Å². The Labute approximate surface area is 112 Å². The van der Waals surface area contributed by atoms with Crippen LogP contribution in [0.4, 0.5) is 0 Å². The van der Waals surface area contributed by atoms with Crippen LogP contribution in [-0.2, 0) is 11.2 Å². The minimum Gasteiger partial charge on any atom is -0.340 e. The van der Waals surface area contributed by atoms with E-state index >= 15 is 0 Å². The van der Waals surface area contributed by atoms with Crippen LogP contribution in [0, 0.1) is 0 Å². The molecule has 0 saturated heterocycles. The first-order valence-electron chi connectivity index (χ1n) is 5.84. The summed E-state index contributed by atoms with van der Waals surface area (Å²) in [6.45, 7) is 4.12. The van der Waals surface area contributed by atoms with Crippen molar-refractivity contribution in [1.82, 2.24) is 4.90 Å². The molecule has 0 N–H and O–H groups in total. The van der Waals surface area contributed by atoms with Gasteiger partial charge in [0.2, 0.25) is 5.91 Å². The highest BCUT2D eigenvalue weighted by molar-refractivity contribution is 9.09. The zero-order valence-corrected chi connectivity index (χ0v) is 12.3. The molecule has 0 aliphatic carbocycles. The van der Waals surface area contributed by atoms with Crippen LogP contribution >= 0.6 is 15.9 Å². The van der Waals surface area contributed by atoms with E-state index in [9.17, 15) is 4.79 Å². The monoisotopic (exact) mass is 297 g/mol. The Morgan fingerprint density at radius 2 is 1.88 bits per heavy atom. The first-order chi connectivity index (χ1) is 7.97. The quantitative estimate of drug-likeness (QED) is 0.764. The van der Waals surface area contributed by atoms with Crippen LogP contribution in [0.15, 0.2) is 30.3 Å². The molecule has 17 heavy (non-hydrogen) atoms. The van der Waals surface area contributed by atoms with Gasteiger partial charge in [0.1, 0.15) is 0 Å². The minimum atomic E-state index is -0.131. The molecule has 0 heterocycles. The lowest BCUT2D eigenvalue weighted by Gasteiger charge is -2.34. The van der Waals surface area contributed by atoms with Crippen molar-refractivity contribution in [1.29, 1.82) is 0 Å². The number of alkyl halides is 1. The van der Waals surface area contributed by atoms with Crippen LogP contribution in [0.2, 0.25) is 0 Å². The van der Waals surface area contributed by atoms with Crippen LogP contribution in [0.3, 0.4) is 0 Å². The second kappa shape index (κ2) is 6.20. The zero-order chi connectivity index (χ0) is 12.9. The van der Waals surface area contributed by atoms with Crippen LogP contribution < -0.4 is 0 Å². The zero-order valence-electron chi connectivity index (χ0n) is 10.7. The maximum atomic E-state index is 12.0.